The van der Waals surface area contributed by atoms with Gasteiger partial charge in [-0.25, -0.2) is 0 Å². The van der Waals surface area contributed by atoms with Crippen molar-refractivity contribution in [3.8, 4) is 0 Å². The molecule has 0 saturated carbocycles. The Morgan fingerprint density at radius 3 is 2.58 bits per heavy atom. The minimum Gasteiger partial charge on any atom is -0.356 e. The first-order valence-electron chi connectivity index (χ1n) is 6.84. The highest BCUT2D eigenvalue weighted by molar-refractivity contribution is 5.85. The van der Waals surface area contributed by atoms with Crippen LogP contribution in [-0.4, -0.2) is 37.5 Å². The molecule has 5 nitrogen and oxygen atoms in total. The number of hydrogen-bond donors (Lipinski definition) is 3. The summed E-state index contributed by atoms with van der Waals surface area (Å²) in [7, 11) is 0. The Morgan fingerprint density at radius 2 is 2.00 bits per heavy atom. The summed E-state index contributed by atoms with van der Waals surface area (Å²) >= 11 is 0. The van der Waals surface area contributed by atoms with Gasteiger partial charge in [-0.05, 0) is 45.7 Å². The zero-order valence-corrected chi connectivity index (χ0v) is 12.6. The van der Waals surface area contributed by atoms with Gasteiger partial charge in [-0.2, -0.15) is 0 Å². The van der Waals surface area contributed by atoms with Gasteiger partial charge in [0.2, 0.25) is 11.8 Å². The van der Waals surface area contributed by atoms with Crippen LogP contribution in [0.15, 0.2) is 0 Å². The fourth-order valence-corrected chi connectivity index (χ4v) is 2.09. The standard InChI is InChI=1S/C13H25N3O2.ClH/c1-10(2)16-13(18)6-8-15-12(17)4-3-11-5-7-14-9-11;/h10-11,14H,3-9H2,1-2H3,(H,15,17)(H,16,18);1H. The number of rotatable bonds is 7. The van der Waals surface area contributed by atoms with Crippen LogP contribution >= 0.6 is 12.4 Å². The van der Waals surface area contributed by atoms with E-state index in [-0.39, 0.29) is 30.3 Å². The van der Waals surface area contributed by atoms with E-state index in [4.69, 9.17) is 0 Å². The molecule has 0 radical (unpaired) electrons. The second kappa shape index (κ2) is 10.0. The number of carbonyl (C=O) groups is 2. The molecule has 1 saturated heterocycles. The summed E-state index contributed by atoms with van der Waals surface area (Å²) in [6, 6.07) is 0.156. The molecule has 0 aromatic carbocycles. The van der Waals surface area contributed by atoms with Crippen LogP contribution in [0.5, 0.6) is 0 Å². The van der Waals surface area contributed by atoms with Crippen molar-refractivity contribution in [3.05, 3.63) is 0 Å². The molecule has 1 rings (SSSR count). The van der Waals surface area contributed by atoms with Crippen LogP contribution in [0.3, 0.4) is 0 Å². The van der Waals surface area contributed by atoms with Gasteiger partial charge in [0, 0.05) is 25.4 Å². The summed E-state index contributed by atoms with van der Waals surface area (Å²) in [6.07, 6.45) is 3.04. The maximum absolute atomic E-state index is 11.5. The summed E-state index contributed by atoms with van der Waals surface area (Å²) in [6.45, 7) is 6.38. The lowest BCUT2D eigenvalue weighted by molar-refractivity contribution is -0.122. The highest BCUT2D eigenvalue weighted by Gasteiger charge is 2.15. The molecule has 1 heterocycles. The van der Waals surface area contributed by atoms with Crippen molar-refractivity contribution in [2.45, 2.75) is 45.6 Å². The predicted molar refractivity (Wildman–Crippen MR) is 78.4 cm³/mol. The van der Waals surface area contributed by atoms with Gasteiger partial charge in [0.05, 0.1) is 0 Å². The molecule has 112 valence electrons. The minimum atomic E-state index is -0.00899. The average molecular weight is 292 g/mol. The maximum atomic E-state index is 11.5. The largest absolute Gasteiger partial charge is 0.356 e. The molecule has 1 fully saturated rings. The fraction of sp³-hybridized carbons (Fsp3) is 0.846. The van der Waals surface area contributed by atoms with Gasteiger partial charge in [0.15, 0.2) is 0 Å². The van der Waals surface area contributed by atoms with Crippen LogP contribution in [0.4, 0.5) is 0 Å². The molecule has 0 aliphatic carbocycles. The van der Waals surface area contributed by atoms with E-state index in [0.717, 1.165) is 19.5 Å². The van der Waals surface area contributed by atoms with Gasteiger partial charge in [-0.1, -0.05) is 0 Å². The quantitative estimate of drug-likeness (QED) is 0.651. The van der Waals surface area contributed by atoms with Crippen LogP contribution < -0.4 is 16.0 Å². The van der Waals surface area contributed by atoms with Crippen LogP contribution in [-0.2, 0) is 9.59 Å². The highest BCUT2D eigenvalue weighted by atomic mass is 35.5. The summed E-state index contributed by atoms with van der Waals surface area (Å²) in [5.41, 5.74) is 0. The second-order valence-electron chi connectivity index (χ2n) is 5.22. The van der Waals surface area contributed by atoms with Gasteiger partial charge in [-0.15, -0.1) is 12.4 Å². The second-order valence-corrected chi connectivity index (χ2v) is 5.22. The van der Waals surface area contributed by atoms with E-state index in [1.807, 2.05) is 13.8 Å². The number of carbonyl (C=O) groups excluding carboxylic acids is 2. The van der Waals surface area contributed by atoms with Crippen molar-refractivity contribution in [2.24, 2.45) is 5.92 Å². The molecule has 1 aliphatic heterocycles. The van der Waals surface area contributed by atoms with Crippen molar-refractivity contribution in [1.29, 1.82) is 0 Å². The summed E-state index contributed by atoms with van der Waals surface area (Å²) in [4.78, 5) is 22.9. The Morgan fingerprint density at radius 1 is 1.26 bits per heavy atom. The molecule has 1 aliphatic rings. The van der Waals surface area contributed by atoms with Crippen molar-refractivity contribution in [2.75, 3.05) is 19.6 Å². The molecular formula is C13H26ClN3O2. The molecular weight excluding hydrogens is 266 g/mol. The monoisotopic (exact) mass is 291 g/mol. The first kappa shape index (κ1) is 18.2. The average Bonchev–Trinajstić information content (AvgIpc) is 2.78. The van der Waals surface area contributed by atoms with Gasteiger partial charge in [-0.3, -0.25) is 9.59 Å². The topological polar surface area (TPSA) is 70.2 Å². The van der Waals surface area contributed by atoms with Gasteiger partial charge >= 0.3 is 0 Å². The smallest absolute Gasteiger partial charge is 0.221 e. The van der Waals surface area contributed by atoms with Crippen LogP contribution in [0, 0.1) is 5.92 Å². The molecule has 1 atom stereocenters. The molecule has 2 amide bonds. The normalized spacial score (nSPS) is 17.9. The van der Waals surface area contributed by atoms with Gasteiger partial charge < -0.3 is 16.0 Å². The summed E-state index contributed by atoms with van der Waals surface area (Å²) in [5.74, 6) is 0.685. The van der Waals surface area contributed by atoms with E-state index < -0.39 is 0 Å². The van der Waals surface area contributed by atoms with Crippen molar-refractivity contribution in [1.82, 2.24) is 16.0 Å². The lowest BCUT2D eigenvalue weighted by Gasteiger charge is -2.10. The molecule has 1 unspecified atom stereocenters. The molecule has 6 heteroatoms. The summed E-state index contributed by atoms with van der Waals surface area (Å²) in [5, 5.41) is 8.87. The first-order chi connectivity index (χ1) is 8.58. The minimum absolute atomic E-state index is 0. The van der Waals surface area contributed by atoms with Crippen LogP contribution in [0.25, 0.3) is 0 Å². The van der Waals surface area contributed by atoms with Crippen LogP contribution in [0.2, 0.25) is 0 Å². The molecule has 0 aromatic heterocycles. The Kier molecular flexibility index (Phi) is 9.61. The van der Waals surface area contributed by atoms with E-state index in [2.05, 4.69) is 16.0 Å². The van der Waals surface area contributed by atoms with E-state index in [1.54, 1.807) is 0 Å². The number of halogens is 1. The molecule has 19 heavy (non-hydrogen) atoms. The third-order valence-corrected chi connectivity index (χ3v) is 3.07. The fourth-order valence-electron chi connectivity index (χ4n) is 2.09. The van der Waals surface area contributed by atoms with E-state index in [9.17, 15) is 9.59 Å². The molecule has 0 aromatic rings. The SMILES string of the molecule is CC(C)NC(=O)CCNC(=O)CCC1CCNC1.Cl. The number of hydrogen-bond acceptors (Lipinski definition) is 3. The molecule has 0 bridgehead atoms. The lowest BCUT2D eigenvalue weighted by Crippen LogP contribution is -2.34. The van der Waals surface area contributed by atoms with Crippen molar-refractivity contribution < 1.29 is 9.59 Å². The number of amides is 2. The Hall–Kier alpha value is -0.810. The van der Waals surface area contributed by atoms with Crippen LogP contribution in [0.1, 0.15) is 39.5 Å². The molecule has 3 N–H and O–H groups in total. The Balaban J connectivity index is 0.00000324. The third kappa shape index (κ3) is 8.83. The maximum Gasteiger partial charge on any atom is 0.221 e. The van der Waals surface area contributed by atoms with Gasteiger partial charge in [0.1, 0.15) is 0 Å². The van der Waals surface area contributed by atoms with Gasteiger partial charge in [0.25, 0.3) is 0 Å². The zero-order chi connectivity index (χ0) is 13.4. The lowest BCUT2D eigenvalue weighted by atomic mass is 10.0. The van der Waals surface area contributed by atoms with E-state index in [1.165, 1.54) is 6.42 Å². The number of nitrogens with one attached hydrogen (secondary N) is 3. The van der Waals surface area contributed by atoms with E-state index >= 15 is 0 Å². The molecule has 0 spiro atoms. The Bertz CT molecular complexity index is 279. The predicted octanol–water partition coefficient (Wildman–Crippen LogP) is 0.829. The Labute approximate surface area is 121 Å². The zero-order valence-electron chi connectivity index (χ0n) is 11.8. The van der Waals surface area contributed by atoms with E-state index in [0.29, 0.717) is 25.3 Å². The van der Waals surface area contributed by atoms with Crippen molar-refractivity contribution >= 4 is 24.2 Å². The highest BCUT2D eigenvalue weighted by Crippen LogP contribution is 2.13. The summed E-state index contributed by atoms with van der Waals surface area (Å²) < 4.78 is 0. The third-order valence-electron chi connectivity index (χ3n) is 3.07. The van der Waals surface area contributed by atoms with Crippen molar-refractivity contribution in [3.63, 3.8) is 0 Å². The first-order valence-corrected chi connectivity index (χ1v) is 6.84.